The van der Waals surface area contributed by atoms with Crippen LogP contribution in [-0.4, -0.2) is 10.9 Å². The molecule has 0 fully saturated rings. The molecule has 1 atom stereocenters. The number of nitrogens with one attached hydrogen (secondary N) is 1. The van der Waals surface area contributed by atoms with Gasteiger partial charge in [0.25, 0.3) is 5.91 Å². The molecule has 4 heteroatoms. The van der Waals surface area contributed by atoms with Crippen LogP contribution in [0.25, 0.3) is 22.2 Å². The first-order chi connectivity index (χ1) is 14.6. The number of benzene rings is 3. The molecule has 0 saturated carbocycles. The van der Waals surface area contributed by atoms with Crippen LogP contribution < -0.4 is 11.1 Å². The van der Waals surface area contributed by atoms with Crippen molar-refractivity contribution < 1.29 is 4.79 Å². The number of amides is 1. The lowest BCUT2D eigenvalue weighted by Gasteiger charge is -2.20. The fourth-order valence-corrected chi connectivity index (χ4v) is 3.89. The number of anilines is 1. The van der Waals surface area contributed by atoms with Gasteiger partial charge >= 0.3 is 0 Å². The molecule has 0 bridgehead atoms. The fourth-order valence-electron chi connectivity index (χ4n) is 3.89. The van der Waals surface area contributed by atoms with Crippen LogP contribution >= 0.6 is 0 Å². The average molecular weight is 396 g/mol. The number of nitrogens with zero attached hydrogens (tertiary/aromatic N) is 1. The Morgan fingerprint density at radius 1 is 0.967 bits per heavy atom. The second-order valence-electron chi connectivity index (χ2n) is 7.43. The Morgan fingerprint density at radius 2 is 1.63 bits per heavy atom. The molecule has 3 N–H and O–H groups in total. The van der Waals surface area contributed by atoms with Crippen LogP contribution in [0.3, 0.4) is 0 Å². The molecule has 4 nitrogen and oxygen atoms in total. The van der Waals surface area contributed by atoms with E-state index in [1.165, 1.54) is 0 Å². The van der Waals surface area contributed by atoms with E-state index in [-0.39, 0.29) is 11.9 Å². The fraction of sp³-hybridized carbons (Fsp3) is 0.154. The predicted octanol–water partition coefficient (Wildman–Crippen LogP) is 5.67. The summed E-state index contributed by atoms with van der Waals surface area (Å²) < 4.78 is 0. The number of rotatable bonds is 5. The molecule has 0 spiro atoms. The van der Waals surface area contributed by atoms with E-state index in [1.807, 2.05) is 85.8 Å². The van der Waals surface area contributed by atoms with Gasteiger partial charge in [-0.05, 0) is 30.5 Å². The SMILES string of the molecule is CC[C@H](NC(=O)c1c(N)c(-c2ccccc2)nc2cccc(C)c12)c1ccccc1. The first-order valence-corrected chi connectivity index (χ1v) is 10.2. The van der Waals surface area contributed by atoms with Gasteiger partial charge in [0.1, 0.15) is 0 Å². The third-order valence-corrected chi connectivity index (χ3v) is 5.45. The van der Waals surface area contributed by atoms with Crippen molar-refractivity contribution in [2.24, 2.45) is 0 Å². The largest absolute Gasteiger partial charge is 0.396 e. The quantitative estimate of drug-likeness (QED) is 0.457. The van der Waals surface area contributed by atoms with Crippen molar-refractivity contribution in [3.63, 3.8) is 0 Å². The van der Waals surface area contributed by atoms with E-state index in [2.05, 4.69) is 12.2 Å². The minimum absolute atomic E-state index is 0.0921. The van der Waals surface area contributed by atoms with Crippen LogP contribution in [-0.2, 0) is 0 Å². The monoisotopic (exact) mass is 395 g/mol. The summed E-state index contributed by atoms with van der Waals surface area (Å²) in [4.78, 5) is 18.3. The summed E-state index contributed by atoms with van der Waals surface area (Å²) in [7, 11) is 0. The van der Waals surface area contributed by atoms with Crippen LogP contribution in [0.2, 0.25) is 0 Å². The highest BCUT2D eigenvalue weighted by atomic mass is 16.1. The van der Waals surface area contributed by atoms with Gasteiger partial charge in [0, 0.05) is 10.9 Å². The zero-order valence-corrected chi connectivity index (χ0v) is 17.2. The summed E-state index contributed by atoms with van der Waals surface area (Å²) in [6.45, 7) is 4.05. The van der Waals surface area contributed by atoms with E-state index in [9.17, 15) is 4.79 Å². The summed E-state index contributed by atoms with van der Waals surface area (Å²) in [5.41, 5.74) is 11.8. The average Bonchev–Trinajstić information content (AvgIpc) is 2.78. The van der Waals surface area contributed by atoms with Gasteiger partial charge in [-0.3, -0.25) is 4.79 Å². The number of aryl methyl sites for hydroxylation is 1. The summed E-state index contributed by atoms with van der Waals surface area (Å²) in [5, 5.41) is 3.99. The highest BCUT2D eigenvalue weighted by molar-refractivity contribution is 6.13. The van der Waals surface area contributed by atoms with Crippen molar-refractivity contribution in [3.8, 4) is 11.3 Å². The first-order valence-electron chi connectivity index (χ1n) is 10.2. The van der Waals surface area contributed by atoms with Crippen molar-refractivity contribution in [1.82, 2.24) is 10.3 Å². The number of carbonyl (C=O) groups excluding carboxylic acids is 1. The molecule has 0 aliphatic carbocycles. The maximum absolute atomic E-state index is 13.5. The second kappa shape index (κ2) is 8.37. The maximum Gasteiger partial charge on any atom is 0.254 e. The van der Waals surface area contributed by atoms with E-state index in [1.54, 1.807) is 0 Å². The topological polar surface area (TPSA) is 68.0 Å². The highest BCUT2D eigenvalue weighted by Crippen LogP contribution is 2.34. The number of hydrogen-bond donors (Lipinski definition) is 2. The standard InChI is InChI=1S/C26H25N3O/c1-3-20(18-12-6-4-7-13-18)29-26(30)23-22-17(2)11-10-16-21(22)28-25(24(23)27)19-14-8-5-9-15-19/h4-16,20H,3,27H2,1-2H3,(H,29,30)/t20-/m0/s1. The van der Waals surface area contributed by atoms with Crippen molar-refractivity contribution >= 4 is 22.5 Å². The molecular formula is C26H25N3O. The van der Waals surface area contributed by atoms with Crippen LogP contribution in [0.1, 0.15) is 40.9 Å². The molecule has 4 rings (SSSR count). The molecule has 0 saturated heterocycles. The minimum Gasteiger partial charge on any atom is -0.396 e. The zero-order chi connectivity index (χ0) is 21.1. The Morgan fingerprint density at radius 3 is 2.30 bits per heavy atom. The van der Waals surface area contributed by atoms with E-state index < -0.39 is 0 Å². The molecular weight excluding hydrogens is 370 g/mol. The lowest BCUT2D eigenvalue weighted by molar-refractivity contribution is 0.0938. The van der Waals surface area contributed by atoms with E-state index >= 15 is 0 Å². The second-order valence-corrected chi connectivity index (χ2v) is 7.43. The summed E-state index contributed by atoms with van der Waals surface area (Å²) in [6.07, 6.45) is 0.781. The minimum atomic E-state index is -0.179. The Kier molecular flexibility index (Phi) is 5.48. The summed E-state index contributed by atoms with van der Waals surface area (Å²) >= 11 is 0. The van der Waals surface area contributed by atoms with Crippen LogP contribution in [0.4, 0.5) is 5.69 Å². The lowest BCUT2D eigenvalue weighted by atomic mass is 9.97. The third kappa shape index (κ3) is 3.64. The molecule has 0 radical (unpaired) electrons. The molecule has 0 aliphatic heterocycles. The molecule has 1 heterocycles. The highest BCUT2D eigenvalue weighted by Gasteiger charge is 2.23. The smallest absolute Gasteiger partial charge is 0.254 e. The van der Waals surface area contributed by atoms with Gasteiger partial charge in [-0.15, -0.1) is 0 Å². The molecule has 0 aliphatic rings. The molecule has 4 aromatic rings. The van der Waals surface area contributed by atoms with Gasteiger partial charge in [0.2, 0.25) is 0 Å². The Labute approximate surface area is 176 Å². The van der Waals surface area contributed by atoms with Crippen LogP contribution in [0, 0.1) is 6.92 Å². The zero-order valence-electron chi connectivity index (χ0n) is 17.2. The van der Waals surface area contributed by atoms with Crippen molar-refractivity contribution in [2.45, 2.75) is 26.3 Å². The van der Waals surface area contributed by atoms with Gasteiger partial charge in [-0.1, -0.05) is 79.7 Å². The van der Waals surface area contributed by atoms with Gasteiger partial charge in [-0.2, -0.15) is 0 Å². The first kappa shape index (κ1) is 19.6. The van der Waals surface area contributed by atoms with Gasteiger partial charge in [0.05, 0.1) is 28.5 Å². The molecule has 1 amide bonds. The third-order valence-electron chi connectivity index (χ3n) is 5.45. The van der Waals surface area contributed by atoms with Crippen molar-refractivity contribution in [3.05, 3.63) is 95.6 Å². The molecule has 1 aromatic heterocycles. The normalized spacial score (nSPS) is 11.9. The molecule has 3 aromatic carbocycles. The Hall–Kier alpha value is -3.66. The number of aromatic nitrogens is 1. The molecule has 30 heavy (non-hydrogen) atoms. The molecule has 0 unspecified atom stereocenters. The number of carbonyl (C=O) groups is 1. The maximum atomic E-state index is 13.5. The van der Waals surface area contributed by atoms with Crippen LogP contribution in [0.15, 0.2) is 78.9 Å². The Bertz CT molecular complexity index is 1190. The predicted molar refractivity (Wildman–Crippen MR) is 123 cm³/mol. The number of nitrogen functional groups attached to an aromatic ring is 1. The Balaban J connectivity index is 1.86. The van der Waals surface area contributed by atoms with Crippen LogP contribution in [0.5, 0.6) is 0 Å². The van der Waals surface area contributed by atoms with E-state index in [0.717, 1.165) is 34.0 Å². The van der Waals surface area contributed by atoms with Crippen molar-refractivity contribution in [2.75, 3.05) is 5.73 Å². The lowest BCUT2D eigenvalue weighted by Crippen LogP contribution is -2.29. The molecule has 150 valence electrons. The van der Waals surface area contributed by atoms with Gasteiger partial charge < -0.3 is 11.1 Å². The van der Waals surface area contributed by atoms with Gasteiger partial charge in [0.15, 0.2) is 0 Å². The number of nitrogens with two attached hydrogens (primary N) is 1. The van der Waals surface area contributed by atoms with Gasteiger partial charge in [-0.25, -0.2) is 4.98 Å². The summed E-state index contributed by atoms with van der Waals surface area (Å²) in [6, 6.07) is 25.5. The number of hydrogen-bond acceptors (Lipinski definition) is 3. The summed E-state index contributed by atoms with van der Waals surface area (Å²) in [5.74, 6) is -0.179. The number of fused-ring (bicyclic) bond motifs is 1. The number of pyridine rings is 1. The van der Waals surface area contributed by atoms with E-state index in [0.29, 0.717) is 16.9 Å². The van der Waals surface area contributed by atoms with Crippen molar-refractivity contribution in [1.29, 1.82) is 0 Å². The van der Waals surface area contributed by atoms with E-state index in [4.69, 9.17) is 10.7 Å².